The molecule has 2 saturated carbocycles. The first-order valence-electron chi connectivity index (χ1n) is 9.31. The van der Waals surface area contributed by atoms with Gasteiger partial charge in [0.25, 0.3) is 0 Å². The molecular weight excluding hydrogens is 308 g/mol. The van der Waals surface area contributed by atoms with Gasteiger partial charge in [-0.25, -0.2) is 0 Å². The fraction of sp³-hybridized carbons (Fsp3) is 0.889. The van der Waals surface area contributed by atoms with Crippen LogP contribution >= 0.6 is 0 Å². The van der Waals surface area contributed by atoms with Crippen molar-refractivity contribution in [1.82, 2.24) is 10.6 Å². The van der Waals surface area contributed by atoms with Gasteiger partial charge in [0.2, 0.25) is 11.8 Å². The molecular formula is C18H28N2O4. The summed E-state index contributed by atoms with van der Waals surface area (Å²) < 4.78 is 11.3. The summed E-state index contributed by atoms with van der Waals surface area (Å²) in [5, 5.41) is 5.90. The molecule has 2 N–H and O–H groups in total. The molecule has 134 valence electrons. The molecule has 6 heteroatoms. The first kappa shape index (κ1) is 16.3. The highest BCUT2D eigenvalue weighted by molar-refractivity contribution is 5.80. The molecule has 2 saturated heterocycles. The minimum atomic E-state index is 0.0477. The van der Waals surface area contributed by atoms with Gasteiger partial charge in [-0.05, 0) is 52.4 Å². The minimum absolute atomic E-state index is 0.0477. The molecule has 0 aromatic rings. The summed E-state index contributed by atoms with van der Waals surface area (Å²) in [5.74, 6) is 0.317. The maximum Gasteiger partial charge on any atom is 0.223 e. The van der Waals surface area contributed by atoms with Crippen molar-refractivity contribution in [3.8, 4) is 0 Å². The second kappa shape index (κ2) is 5.70. The van der Waals surface area contributed by atoms with Crippen LogP contribution in [0.4, 0.5) is 0 Å². The Labute approximate surface area is 143 Å². The topological polar surface area (TPSA) is 83.3 Å². The molecule has 0 spiro atoms. The van der Waals surface area contributed by atoms with Crippen molar-refractivity contribution >= 4 is 11.8 Å². The van der Waals surface area contributed by atoms with E-state index in [1.54, 1.807) is 0 Å². The molecule has 0 bridgehead atoms. The maximum atomic E-state index is 12.2. The number of carbonyl (C=O) groups excluding carboxylic acids is 2. The van der Waals surface area contributed by atoms with Crippen molar-refractivity contribution in [2.24, 2.45) is 11.8 Å². The number of hydrogen-bond acceptors (Lipinski definition) is 4. The molecule has 6 atom stereocenters. The van der Waals surface area contributed by atoms with Gasteiger partial charge in [-0.2, -0.15) is 0 Å². The Morgan fingerprint density at radius 2 is 1.29 bits per heavy atom. The predicted molar refractivity (Wildman–Crippen MR) is 87.3 cm³/mol. The minimum Gasteiger partial charge on any atom is -0.366 e. The van der Waals surface area contributed by atoms with Gasteiger partial charge in [-0.1, -0.05) is 0 Å². The van der Waals surface area contributed by atoms with Crippen LogP contribution < -0.4 is 10.6 Å². The fourth-order valence-electron chi connectivity index (χ4n) is 4.43. The summed E-state index contributed by atoms with van der Waals surface area (Å²) in [6.45, 7) is 5.24. The van der Waals surface area contributed by atoms with Crippen molar-refractivity contribution in [1.29, 1.82) is 0 Å². The van der Waals surface area contributed by atoms with Gasteiger partial charge in [-0.15, -0.1) is 0 Å². The van der Waals surface area contributed by atoms with Gasteiger partial charge in [0.05, 0.1) is 23.4 Å². The average Bonchev–Trinajstić information content (AvgIpc) is 3.42. The molecule has 2 aliphatic carbocycles. The summed E-state index contributed by atoms with van der Waals surface area (Å²) in [7, 11) is 0. The smallest absolute Gasteiger partial charge is 0.223 e. The van der Waals surface area contributed by atoms with Crippen LogP contribution in [0.2, 0.25) is 0 Å². The summed E-state index contributed by atoms with van der Waals surface area (Å²) in [4.78, 5) is 24.4. The van der Waals surface area contributed by atoms with E-state index in [2.05, 4.69) is 24.5 Å². The molecule has 6 unspecified atom stereocenters. The highest BCUT2D eigenvalue weighted by Gasteiger charge is 2.57. The van der Waals surface area contributed by atoms with E-state index < -0.39 is 0 Å². The van der Waals surface area contributed by atoms with Crippen LogP contribution in [0.1, 0.15) is 52.4 Å². The molecule has 4 rings (SSSR count). The number of rotatable bonds is 5. The predicted octanol–water partition coefficient (Wildman–Crippen LogP) is 1.13. The summed E-state index contributed by atoms with van der Waals surface area (Å²) >= 11 is 0. The van der Waals surface area contributed by atoms with Gasteiger partial charge in [0, 0.05) is 24.9 Å². The highest BCUT2D eigenvalue weighted by atomic mass is 16.6. The van der Waals surface area contributed by atoms with E-state index >= 15 is 0 Å². The van der Waals surface area contributed by atoms with Crippen molar-refractivity contribution < 1.29 is 19.1 Å². The summed E-state index contributed by atoms with van der Waals surface area (Å²) in [5.41, 5.74) is 0.0954. The van der Waals surface area contributed by atoms with E-state index in [1.165, 1.54) is 0 Å². The second-order valence-electron chi connectivity index (χ2n) is 8.36. The number of epoxide rings is 2. The van der Waals surface area contributed by atoms with Crippen LogP contribution in [0.5, 0.6) is 0 Å². The fourth-order valence-corrected chi connectivity index (χ4v) is 4.43. The number of nitrogens with one attached hydrogen (secondary N) is 2. The summed E-state index contributed by atoms with van der Waals surface area (Å²) in [6, 6.07) is 0. The third kappa shape index (κ3) is 3.06. The molecule has 4 fully saturated rings. The van der Waals surface area contributed by atoms with Crippen LogP contribution in [-0.2, 0) is 19.1 Å². The van der Waals surface area contributed by atoms with E-state index in [4.69, 9.17) is 9.47 Å². The van der Waals surface area contributed by atoms with Crippen molar-refractivity contribution in [3.05, 3.63) is 0 Å². The van der Waals surface area contributed by atoms with Crippen molar-refractivity contribution in [2.45, 2.75) is 75.8 Å². The average molecular weight is 336 g/mol. The van der Waals surface area contributed by atoms with E-state index in [0.717, 1.165) is 38.5 Å². The lowest BCUT2D eigenvalue weighted by Gasteiger charge is -2.23. The van der Waals surface area contributed by atoms with Gasteiger partial charge < -0.3 is 20.1 Å². The Morgan fingerprint density at radius 3 is 1.67 bits per heavy atom. The lowest BCUT2D eigenvalue weighted by molar-refractivity contribution is -0.127. The van der Waals surface area contributed by atoms with E-state index in [1.807, 2.05) is 0 Å². The van der Waals surface area contributed by atoms with Gasteiger partial charge in [-0.3, -0.25) is 9.59 Å². The highest BCUT2D eigenvalue weighted by Crippen LogP contribution is 2.49. The van der Waals surface area contributed by atoms with Crippen molar-refractivity contribution in [3.63, 3.8) is 0 Å². The molecule has 4 aliphatic rings. The Morgan fingerprint density at radius 1 is 0.875 bits per heavy atom. The Balaban J connectivity index is 1.12. The lowest BCUT2D eigenvalue weighted by Crippen LogP contribution is -2.41. The first-order valence-corrected chi connectivity index (χ1v) is 9.31. The SMILES string of the molecule is CC12CCC(C(=O)NCCNC(=O)C3CCC4(C)OC4C3)CC1O2. The number of hydrogen-bond donors (Lipinski definition) is 2. The molecule has 2 heterocycles. The zero-order valence-corrected chi connectivity index (χ0v) is 14.6. The summed E-state index contributed by atoms with van der Waals surface area (Å²) in [6.07, 6.45) is 5.92. The van der Waals surface area contributed by atoms with Gasteiger partial charge >= 0.3 is 0 Å². The molecule has 2 amide bonds. The quantitative estimate of drug-likeness (QED) is 0.582. The van der Waals surface area contributed by atoms with Crippen LogP contribution in [-0.4, -0.2) is 48.3 Å². The number of carbonyl (C=O) groups is 2. The van der Waals surface area contributed by atoms with Crippen LogP contribution in [0.25, 0.3) is 0 Å². The molecule has 2 aliphatic heterocycles. The maximum absolute atomic E-state index is 12.2. The van der Waals surface area contributed by atoms with Gasteiger partial charge in [0.15, 0.2) is 0 Å². The van der Waals surface area contributed by atoms with E-state index in [-0.39, 0.29) is 47.1 Å². The largest absolute Gasteiger partial charge is 0.366 e. The monoisotopic (exact) mass is 336 g/mol. The van der Waals surface area contributed by atoms with E-state index in [9.17, 15) is 9.59 Å². The number of fused-ring (bicyclic) bond motifs is 2. The van der Waals surface area contributed by atoms with Crippen LogP contribution in [0.15, 0.2) is 0 Å². The Kier molecular flexibility index (Phi) is 3.88. The van der Waals surface area contributed by atoms with Crippen molar-refractivity contribution in [2.75, 3.05) is 13.1 Å². The number of ether oxygens (including phenoxy) is 2. The number of amides is 2. The second-order valence-corrected chi connectivity index (χ2v) is 8.36. The van der Waals surface area contributed by atoms with Crippen LogP contribution in [0, 0.1) is 11.8 Å². The van der Waals surface area contributed by atoms with E-state index in [0.29, 0.717) is 13.1 Å². The Hall–Kier alpha value is -1.14. The molecule has 0 aromatic heterocycles. The third-order valence-corrected chi connectivity index (χ3v) is 6.51. The Bertz CT molecular complexity index is 505. The van der Waals surface area contributed by atoms with Gasteiger partial charge in [0.1, 0.15) is 0 Å². The normalized spacial score (nSPS) is 45.6. The lowest BCUT2D eigenvalue weighted by atomic mass is 9.82. The zero-order chi connectivity index (χ0) is 16.9. The molecule has 0 radical (unpaired) electrons. The standard InChI is InChI=1S/C18H28N2O4/c1-17-5-3-11(9-13(17)23-17)15(21)19-7-8-20-16(22)12-4-6-18(2)14(10-12)24-18/h11-14H,3-10H2,1-2H3,(H,19,21)(H,20,22). The third-order valence-electron chi connectivity index (χ3n) is 6.51. The first-order chi connectivity index (χ1) is 11.4. The molecule has 6 nitrogen and oxygen atoms in total. The molecule has 0 aromatic carbocycles. The zero-order valence-electron chi connectivity index (χ0n) is 14.6. The molecule has 24 heavy (non-hydrogen) atoms. The van der Waals surface area contributed by atoms with Crippen LogP contribution in [0.3, 0.4) is 0 Å².